The van der Waals surface area contributed by atoms with E-state index in [2.05, 4.69) is 42.6 Å². The molecule has 0 amide bonds. The number of carbonyl (C=O) groups excluding carboxylic acids is 1. The van der Waals surface area contributed by atoms with Gasteiger partial charge in [0.2, 0.25) is 0 Å². The Balaban J connectivity index is 2.09. The molecular weight excluding hydrogens is 333 g/mol. The number of halogens is 1. The van der Waals surface area contributed by atoms with Gasteiger partial charge in [-0.3, -0.25) is 4.79 Å². The van der Waals surface area contributed by atoms with E-state index in [4.69, 9.17) is 0 Å². The summed E-state index contributed by atoms with van der Waals surface area (Å²) in [4.78, 5) is 18.9. The molecule has 1 aromatic heterocycles. The number of nitrogens with one attached hydrogen (secondary N) is 1. The maximum Gasteiger partial charge on any atom is 0.305 e. The molecule has 1 N–H and O–H groups in total. The Bertz CT molecular complexity index is 360. The van der Waals surface area contributed by atoms with Crippen LogP contribution in [0.25, 0.3) is 0 Å². The van der Waals surface area contributed by atoms with Crippen molar-refractivity contribution in [1.29, 1.82) is 0 Å². The Morgan fingerprint density at radius 2 is 2.29 bits per heavy atom. The van der Waals surface area contributed by atoms with Crippen molar-refractivity contribution in [2.24, 2.45) is 0 Å². The predicted molar refractivity (Wildman–Crippen MR) is 73.7 cm³/mol. The van der Waals surface area contributed by atoms with Crippen molar-refractivity contribution < 1.29 is 9.53 Å². The number of hydrogen-bond acceptors (Lipinski definition) is 5. The third kappa shape index (κ3) is 5.81. The van der Waals surface area contributed by atoms with Gasteiger partial charge in [0.1, 0.15) is 12.1 Å². The molecule has 0 aliphatic heterocycles. The van der Waals surface area contributed by atoms with E-state index in [1.165, 1.54) is 13.4 Å². The van der Waals surface area contributed by atoms with Crippen LogP contribution in [-0.4, -0.2) is 29.6 Å². The van der Waals surface area contributed by atoms with Gasteiger partial charge in [0, 0.05) is 19.2 Å². The smallest absolute Gasteiger partial charge is 0.305 e. The molecule has 5 nitrogen and oxygen atoms in total. The highest BCUT2D eigenvalue weighted by molar-refractivity contribution is 14.1. The SMILES string of the molecule is COC(=O)CCCCCNc1ncncc1I. The lowest BCUT2D eigenvalue weighted by atomic mass is 10.2. The molecule has 0 aliphatic carbocycles. The Morgan fingerprint density at radius 1 is 1.47 bits per heavy atom. The number of methoxy groups -OCH3 is 1. The first-order valence-corrected chi connectivity index (χ1v) is 6.58. The summed E-state index contributed by atoms with van der Waals surface area (Å²) in [6.45, 7) is 0.855. The van der Waals surface area contributed by atoms with Crippen molar-refractivity contribution in [2.75, 3.05) is 19.0 Å². The highest BCUT2D eigenvalue weighted by Crippen LogP contribution is 2.12. The lowest BCUT2D eigenvalue weighted by Gasteiger charge is -2.06. The molecule has 6 heteroatoms. The van der Waals surface area contributed by atoms with Crippen LogP contribution in [0.2, 0.25) is 0 Å². The quantitative estimate of drug-likeness (QED) is 0.465. The fourth-order valence-electron chi connectivity index (χ4n) is 1.32. The molecule has 0 atom stereocenters. The molecule has 1 rings (SSSR count). The van der Waals surface area contributed by atoms with Crippen LogP contribution in [0.15, 0.2) is 12.5 Å². The summed E-state index contributed by atoms with van der Waals surface area (Å²) >= 11 is 2.19. The number of rotatable bonds is 7. The Kier molecular flexibility index (Phi) is 6.83. The molecule has 0 radical (unpaired) electrons. The van der Waals surface area contributed by atoms with Crippen molar-refractivity contribution in [1.82, 2.24) is 9.97 Å². The fourth-order valence-corrected chi connectivity index (χ4v) is 1.81. The zero-order chi connectivity index (χ0) is 12.5. The molecular formula is C11H16IN3O2. The van der Waals surface area contributed by atoms with Gasteiger partial charge in [-0.2, -0.15) is 0 Å². The summed E-state index contributed by atoms with van der Waals surface area (Å²) < 4.78 is 5.58. The van der Waals surface area contributed by atoms with Gasteiger partial charge in [0.25, 0.3) is 0 Å². The average Bonchev–Trinajstić information content (AvgIpc) is 2.35. The molecule has 1 heterocycles. The first-order chi connectivity index (χ1) is 8.24. The molecule has 0 saturated heterocycles. The molecule has 0 fully saturated rings. The monoisotopic (exact) mass is 349 g/mol. The van der Waals surface area contributed by atoms with Crippen molar-refractivity contribution in [3.8, 4) is 0 Å². The third-order valence-corrected chi connectivity index (χ3v) is 3.03. The highest BCUT2D eigenvalue weighted by Gasteiger charge is 2.01. The van der Waals surface area contributed by atoms with Crippen molar-refractivity contribution in [2.45, 2.75) is 25.7 Å². The van der Waals surface area contributed by atoms with Crippen LogP contribution in [0, 0.1) is 3.57 Å². The zero-order valence-electron chi connectivity index (χ0n) is 9.78. The number of hydrogen-bond donors (Lipinski definition) is 1. The summed E-state index contributed by atoms with van der Waals surface area (Å²) in [5.41, 5.74) is 0. The lowest BCUT2D eigenvalue weighted by molar-refractivity contribution is -0.140. The summed E-state index contributed by atoms with van der Waals surface area (Å²) in [7, 11) is 1.42. The number of nitrogens with zero attached hydrogens (tertiary/aromatic N) is 2. The maximum absolute atomic E-state index is 10.9. The maximum atomic E-state index is 10.9. The van der Waals surface area contributed by atoms with E-state index >= 15 is 0 Å². The first-order valence-electron chi connectivity index (χ1n) is 5.50. The second kappa shape index (κ2) is 8.21. The minimum Gasteiger partial charge on any atom is -0.469 e. The van der Waals surface area contributed by atoms with E-state index in [1.807, 2.05) is 0 Å². The van der Waals surface area contributed by atoms with Crippen LogP contribution < -0.4 is 5.32 Å². The molecule has 1 aromatic rings. The molecule has 0 unspecified atom stereocenters. The Hall–Kier alpha value is -0.920. The third-order valence-electron chi connectivity index (χ3n) is 2.25. The molecule has 17 heavy (non-hydrogen) atoms. The number of anilines is 1. The standard InChI is InChI=1S/C11H16IN3O2/c1-17-10(16)5-3-2-4-6-14-11-9(12)7-13-8-15-11/h7-8H,2-6H2,1H3,(H,13,14,15). The summed E-state index contributed by atoms with van der Waals surface area (Å²) in [6.07, 6.45) is 6.69. The average molecular weight is 349 g/mol. The topological polar surface area (TPSA) is 64.1 Å². The van der Waals surface area contributed by atoms with E-state index in [9.17, 15) is 4.79 Å². The van der Waals surface area contributed by atoms with E-state index in [1.54, 1.807) is 6.20 Å². The fraction of sp³-hybridized carbons (Fsp3) is 0.545. The Labute approximate surface area is 115 Å². The van der Waals surface area contributed by atoms with Crippen molar-refractivity contribution >= 4 is 34.4 Å². The van der Waals surface area contributed by atoms with Crippen LogP contribution in [0.3, 0.4) is 0 Å². The summed E-state index contributed by atoms with van der Waals surface area (Å²) in [5, 5.41) is 3.24. The Morgan fingerprint density at radius 3 is 3.00 bits per heavy atom. The number of aromatic nitrogens is 2. The number of unbranched alkanes of at least 4 members (excludes halogenated alkanes) is 2. The lowest BCUT2D eigenvalue weighted by Crippen LogP contribution is -2.06. The predicted octanol–water partition coefficient (Wildman–Crippen LogP) is 2.23. The van der Waals surface area contributed by atoms with Gasteiger partial charge in [-0.15, -0.1) is 0 Å². The van der Waals surface area contributed by atoms with Gasteiger partial charge < -0.3 is 10.1 Å². The van der Waals surface area contributed by atoms with Crippen LogP contribution in [0.4, 0.5) is 5.82 Å². The van der Waals surface area contributed by atoms with Gasteiger partial charge in [-0.25, -0.2) is 9.97 Å². The highest BCUT2D eigenvalue weighted by atomic mass is 127. The molecule has 94 valence electrons. The number of carbonyl (C=O) groups is 1. The largest absolute Gasteiger partial charge is 0.469 e. The van der Waals surface area contributed by atoms with Crippen LogP contribution in [0.1, 0.15) is 25.7 Å². The van der Waals surface area contributed by atoms with Crippen molar-refractivity contribution in [3.63, 3.8) is 0 Å². The summed E-state index contributed by atoms with van der Waals surface area (Å²) in [6, 6.07) is 0. The number of esters is 1. The zero-order valence-corrected chi connectivity index (χ0v) is 11.9. The van der Waals surface area contributed by atoms with Crippen LogP contribution in [-0.2, 0) is 9.53 Å². The molecule has 0 bridgehead atoms. The van der Waals surface area contributed by atoms with Gasteiger partial charge >= 0.3 is 5.97 Å². The van der Waals surface area contributed by atoms with Gasteiger partial charge in [0.05, 0.1) is 10.7 Å². The van der Waals surface area contributed by atoms with Crippen LogP contribution >= 0.6 is 22.6 Å². The van der Waals surface area contributed by atoms with E-state index in [0.29, 0.717) is 6.42 Å². The van der Waals surface area contributed by atoms with E-state index < -0.39 is 0 Å². The normalized spacial score (nSPS) is 10.0. The molecule has 0 spiro atoms. The second-order valence-corrected chi connectivity index (χ2v) is 4.70. The number of ether oxygens (including phenoxy) is 1. The van der Waals surface area contributed by atoms with Crippen LogP contribution in [0.5, 0.6) is 0 Å². The van der Waals surface area contributed by atoms with Gasteiger partial charge in [0.15, 0.2) is 0 Å². The summed E-state index contributed by atoms with van der Waals surface area (Å²) in [5.74, 6) is 0.733. The minimum absolute atomic E-state index is 0.136. The molecule has 0 aliphatic rings. The second-order valence-electron chi connectivity index (χ2n) is 3.53. The molecule has 0 saturated carbocycles. The van der Waals surface area contributed by atoms with E-state index in [0.717, 1.165) is 35.2 Å². The van der Waals surface area contributed by atoms with Crippen molar-refractivity contribution in [3.05, 3.63) is 16.1 Å². The van der Waals surface area contributed by atoms with Gasteiger partial charge in [-0.05, 0) is 35.4 Å². The van der Waals surface area contributed by atoms with E-state index in [-0.39, 0.29) is 5.97 Å². The molecule has 0 aromatic carbocycles. The minimum atomic E-state index is -0.136. The van der Waals surface area contributed by atoms with Gasteiger partial charge in [-0.1, -0.05) is 6.42 Å². The first kappa shape index (κ1) is 14.1.